The Labute approximate surface area is 154 Å². The number of hydrogen-bond donors (Lipinski definition) is 2. The summed E-state index contributed by atoms with van der Waals surface area (Å²) in [6, 6.07) is 7.01. The van der Waals surface area contributed by atoms with Crippen LogP contribution in [0.15, 0.2) is 33.6 Å². The summed E-state index contributed by atoms with van der Waals surface area (Å²) in [5, 5.41) is 3.09. The van der Waals surface area contributed by atoms with E-state index in [9.17, 15) is 13.2 Å². The van der Waals surface area contributed by atoms with E-state index in [0.717, 1.165) is 19.3 Å². The van der Waals surface area contributed by atoms with Crippen molar-refractivity contribution in [3.05, 3.63) is 29.8 Å². The Morgan fingerprint density at radius 3 is 2.88 bits per heavy atom. The van der Waals surface area contributed by atoms with Crippen molar-refractivity contribution in [1.82, 2.24) is 10.2 Å². The summed E-state index contributed by atoms with van der Waals surface area (Å²) < 4.78 is 28.1. The lowest BCUT2D eigenvalue weighted by Gasteiger charge is -2.21. The Balaban J connectivity index is 1.52. The molecule has 1 saturated carbocycles. The van der Waals surface area contributed by atoms with E-state index in [2.05, 4.69) is 9.71 Å². The highest BCUT2D eigenvalue weighted by atomic mass is 32.2. The Kier molecular flexibility index (Phi) is 5.62. The number of amides is 1. The first-order chi connectivity index (χ1) is 12.4. The van der Waals surface area contributed by atoms with Crippen molar-refractivity contribution in [2.45, 2.75) is 43.0 Å². The zero-order valence-corrected chi connectivity index (χ0v) is 15.8. The number of amidine groups is 1. The molecule has 1 amide bonds. The molecule has 8 heteroatoms. The van der Waals surface area contributed by atoms with Crippen LogP contribution in [-0.2, 0) is 14.8 Å². The zero-order valence-electron chi connectivity index (χ0n) is 15.0. The van der Waals surface area contributed by atoms with Crippen molar-refractivity contribution in [1.29, 1.82) is 0 Å². The largest absolute Gasteiger partial charge is 0.358 e. The average Bonchev–Trinajstić information content (AvgIpc) is 3.17. The number of rotatable bonds is 6. The van der Waals surface area contributed by atoms with Gasteiger partial charge in [-0.2, -0.15) is 8.42 Å². The van der Waals surface area contributed by atoms with Gasteiger partial charge in [0.2, 0.25) is 5.91 Å². The quantitative estimate of drug-likeness (QED) is 0.771. The van der Waals surface area contributed by atoms with Crippen molar-refractivity contribution in [2.24, 2.45) is 16.0 Å². The molecule has 2 unspecified atom stereocenters. The summed E-state index contributed by atoms with van der Waals surface area (Å²) in [5.41, 5.74) is 6.37. The van der Waals surface area contributed by atoms with Crippen LogP contribution >= 0.6 is 0 Å². The number of nitrogens with zero attached hydrogens (tertiary/aromatic N) is 2. The van der Waals surface area contributed by atoms with Crippen LogP contribution in [0, 0.1) is 5.92 Å². The van der Waals surface area contributed by atoms with E-state index in [0.29, 0.717) is 43.2 Å². The second-order valence-electron chi connectivity index (χ2n) is 7.01. The summed E-state index contributed by atoms with van der Waals surface area (Å²) in [5.74, 6) is 0.862. The van der Waals surface area contributed by atoms with Gasteiger partial charge in [-0.05, 0) is 43.9 Å². The molecule has 3 rings (SSSR count). The summed E-state index contributed by atoms with van der Waals surface area (Å²) in [6.45, 7) is 1.17. The summed E-state index contributed by atoms with van der Waals surface area (Å²) in [4.78, 5) is 14.2. The van der Waals surface area contributed by atoms with Gasteiger partial charge in [0.05, 0.1) is 0 Å². The minimum Gasteiger partial charge on any atom is -0.358 e. The minimum absolute atomic E-state index is 0.0325. The molecule has 7 nitrogen and oxygen atoms in total. The maximum absolute atomic E-state index is 12.2. The van der Waals surface area contributed by atoms with Crippen LogP contribution in [-0.4, -0.2) is 51.2 Å². The molecular formula is C18H26N4O3S. The fraction of sp³-hybridized carbons (Fsp3) is 0.556. The molecule has 0 saturated heterocycles. The summed E-state index contributed by atoms with van der Waals surface area (Å²) in [6.07, 6.45) is 4.23. The number of carbonyl (C=O) groups is 1. The minimum atomic E-state index is -3.61. The first-order valence-corrected chi connectivity index (χ1v) is 10.5. The molecule has 0 bridgehead atoms. The van der Waals surface area contributed by atoms with Gasteiger partial charge in [-0.15, -0.1) is 4.40 Å². The molecule has 1 aromatic rings. The fourth-order valence-electron chi connectivity index (χ4n) is 3.73. The van der Waals surface area contributed by atoms with Gasteiger partial charge in [0, 0.05) is 31.6 Å². The third-order valence-electron chi connectivity index (χ3n) is 5.18. The lowest BCUT2D eigenvalue weighted by molar-refractivity contribution is -0.122. The number of benzene rings is 1. The first-order valence-electron chi connectivity index (χ1n) is 9.07. The smallest absolute Gasteiger partial charge is 0.285 e. The van der Waals surface area contributed by atoms with Crippen molar-refractivity contribution in [3.63, 3.8) is 0 Å². The maximum atomic E-state index is 12.2. The van der Waals surface area contributed by atoms with Gasteiger partial charge in [0.25, 0.3) is 10.0 Å². The molecule has 1 aromatic carbocycles. The second kappa shape index (κ2) is 7.75. The lowest BCUT2D eigenvalue weighted by atomic mass is 10.0. The zero-order chi connectivity index (χ0) is 18.7. The number of carbonyl (C=O) groups excluding carboxylic acids is 1. The van der Waals surface area contributed by atoms with Gasteiger partial charge in [-0.3, -0.25) is 4.79 Å². The first kappa shape index (κ1) is 18.8. The molecule has 0 radical (unpaired) electrons. The topological polar surface area (TPSA) is 105 Å². The molecule has 2 aliphatic rings. The third-order valence-corrected chi connectivity index (χ3v) is 6.50. The fourth-order valence-corrected chi connectivity index (χ4v) is 4.99. The van der Waals surface area contributed by atoms with Gasteiger partial charge in [-0.1, -0.05) is 18.6 Å². The van der Waals surface area contributed by atoms with Crippen LogP contribution in [0.2, 0.25) is 0 Å². The van der Waals surface area contributed by atoms with E-state index in [-0.39, 0.29) is 16.8 Å². The monoisotopic (exact) mass is 378 g/mol. The normalized spacial score (nSPS) is 23.4. The number of hydrogen-bond acceptors (Lipinski definition) is 5. The Hall–Kier alpha value is -1.93. The van der Waals surface area contributed by atoms with E-state index in [1.807, 2.05) is 0 Å². The Morgan fingerprint density at radius 2 is 2.12 bits per heavy atom. The predicted octanol–water partition coefficient (Wildman–Crippen LogP) is 1.09. The number of nitrogens with one attached hydrogen (secondary N) is 1. The second-order valence-corrected chi connectivity index (χ2v) is 8.58. The van der Waals surface area contributed by atoms with Crippen molar-refractivity contribution in [3.8, 4) is 0 Å². The van der Waals surface area contributed by atoms with E-state index in [1.54, 1.807) is 36.2 Å². The molecule has 0 aromatic heterocycles. The highest BCUT2D eigenvalue weighted by Crippen LogP contribution is 2.27. The average molecular weight is 378 g/mol. The van der Waals surface area contributed by atoms with E-state index in [1.165, 1.54) is 0 Å². The molecule has 1 fully saturated rings. The van der Waals surface area contributed by atoms with Crippen molar-refractivity contribution >= 4 is 21.8 Å². The van der Waals surface area contributed by atoms with Crippen LogP contribution in [0.1, 0.15) is 37.7 Å². The molecule has 1 heterocycles. The van der Waals surface area contributed by atoms with Crippen LogP contribution in [0.5, 0.6) is 0 Å². The van der Waals surface area contributed by atoms with Gasteiger partial charge in [-0.25, -0.2) is 0 Å². The number of nitrogens with two attached hydrogens (primary N) is 1. The van der Waals surface area contributed by atoms with Crippen LogP contribution in [0.3, 0.4) is 0 Å². The SMILES string of the molecule is CN(CCCC(=O)NC1CCCC1CN)C1=NS(=O)(=O)c2ccccc21. The lowest BCUT2D eigenvalue weighted by Crippen LogP contribution is -2.40. The third kappa shape index (κ3) is 3.91. The van der Waals surface area contributed by atoms with Gasteiger partial charge < -0.3 is 16.0 Å². The van der Waals surface area contributed by atoms with Gasteiger partial charge in [0.1, 0.15) is 10.7 Å². The van der Waals surface area contributed by atoms with E-state index >= 15 is 0 Å². The molecule has 26 heavy (non-hydrogen) atoms. The highest BCUT2D eigenvalue weighted by molar-refractivity contribution is 7.90. The highest BCUT2D eigenvalue weighted by Gasteiger charge is 2.30. The molecule has 142 valence electrons. The summed E-state index contributed by atoms with van der Waals surface area (Å²) >= 11 is 0. The standard InChI is InChI=1S/C18H26N4O3S/c1-22(18-14-7-2-3-9-16(14)26(24,25)21-18)11-5-10-17(23)20-15-8-4-6-13(15)12-19/h2-3,7,9,13,15H,4-6,8,10-12,19H2,1H3,(H,20,23). The van der Waals surface area contributed by atoms with Crippen LogP contribution < -0.4 is 11.1 Å². The van der Waals surface area contributed by atoms with Gasteiger partial charge in [0.15, 0.2) is 0 Å². The van der Waals surface area contributed by atoms with Gasteiger partial charge >= 0.3 is 0 Å². The maximum Gasteiger partial charge on any atom is 0.285 e. The molecule has 0 spiro atoms. The Bertz CT molecular complexity index is 806. The molecule has 3 N–H and O–H groups in total. The van der Waals surface area contributed by atoms with Crippen molar-refractivity contribution in [2.75, 3.05) is 20.1 Å². The molecule has 2 atom stereocenters. The van der Waals surface area contributed by atoms with Crippen LogP contribution in [0.25, 0.3) is 0 Å². The van der Waals surface area contributed by atoms with E-state index < -0.39 is 10.0 Å². The number of sulfonamides is 1. The Morgan fingerprint density at radius 1 is 1.35 bits per heavy atom. The van der Waals surface area contributed by atoms with E-state index in [4.69, 9.17) is 5.73 Å². The van der Waals surface area contributed by atoms with Crippen molar-refractivity contribution < 1.29 is 13.2 Å². The summed E-state index contributed by atoms with van der Waals surface area (Å²) in [7, 11) is -1.81. The molecule has 1 aliphatic heterocycles. The molecule has 1 aliphatic carbocycles. The van der Waals surface area contributed by atoms with Crippen LogP contribution in [0.4, 0.5) is 0 Å². The number of fused-ring (bicyclic) bond motifs is 1. The molecular weight excluding hydrogens is 352 g/mol. The predicted molar refractivity (Wildman–Crippen MR) is 100 cm³/mol.